The zero-order valence-corrected chi connectivity index (χ0v) is 19.8. The number of carbonyl (C=O) groups is 1. The number of imidazole rings is 1. The van der Waals surface area contributed by atoms with Crippen molar-refractivity contribution in [1.82, 2.24) is 19.4 Å². The summed E-state index contributed by atoms with van der Waals surface area (Å²) in [6, 6.07) is 12.5. The summed E-state index contributed by atoms with van der Waals surface area (Å²) in [5.74, 6) is 2.27. The molecule has 174 valence electrons. The second-order valence-corrected chi connectivity index (χ2v) is 9.54. The number of benzene rings is 1. The number of likely N-dealkylation sites (tertiary alicyclic amines) is 1. The van der Waals surface area contributed by atoms with E-state index in [0.717, 1.165) is 92.8 Å². The third-order valence-electron chi connectivity index (χ3n) is 7.62. The van der Waals surface area contributed by atoms with Crippen molar-refractivity contribution in [2.75, 3.05) is 20.2 Å². The number of methoxy groups -OCH3 is 1. The molecule has 0 radical (unpaired) electrons. The van der Waals surface area contributed by atoms with Crippen LogP contribution in [0, 0.1) is 0 Å². The number of amides is 1. The number of fused-ring (bicyclic) bond motifs is 1. The first-order valence-electron chi connectivity index (χ1n) is 12.4. The first-order chi connectivity index (χ1) is 16.2. The number of hydrogen-bond donors (Lipinski definition) is 0. The van der Waals surface area contributed by atoms with Gasteiger partial charge in [-0.15, -0.1) is 0 Å². The van der Waals surface area contributed by atoms with Gasteiger partial charge in [-0.1, -0.05) is 31.9 Å². The van der Waals surface area contributed by atoms with Crippen molar-refractivity contribution in [3.05, 3.63) is 54.0 Å². The summed E-state index contributed by atoms with van der Waals surface area (Å²) in [5.41, 5.74) is 2.72. The van der Waals surface area contributed by atoms with Crippen molar-refractivity contribution in [2.24, 2.45) is 0 Å². The molecular weight excluding hydrogens is 412 g/mol. The summed E-state index contributed by atoms with van der Waals surface area (Å²) in [5, 5.41) is 0. The number of aryl methyl sites for hydroxylation is 1. The van der Waals surface area contributed by atoms with Gasteiger partial charge in [0.05, 0.1) is 12.5 Å². The molecule has 2 aliphatic rings. The van der Waals surface area contributed by atoms with Gasteiger partial charge in [-0.05, 0) is 61.9 Å². The molecule has 1 amide bonds. The van der Waals surface area contributed by atoms with E-state index in [2.05, 4.69) is 39.6 Å². The summed E-state index contributed by atoms with van der Waals surface area (Å²) in [6.07, 6.45) is 9.87. The van der Waals surface area contributed by atoms with Gasteiger partial charge in [0.1, 0.15) is 17.1 Å². The maximum atomic E-state index is 13.9. The molecule has 5 rings (SSSR count). The Bertz CT molecular complexity index is 1110. The van der Waals surface area contributed by atoms with E-state index in [1.807, 2.05) is 24.4 Å². The SMILES string of the molecule is CCCc1nc2cccnc2n1C1CCN(C(=O)C2(c3ccc(OC)cc3)CCCC2)CC1. The second kappa shape index (κ2) is 9.16. The Kier molecular flexibility index (Phi) is 6.09. The van der Waals surface area contributed by atoms with Crippen LogP contribution in [0.2, 0.25) is 0 Å². The lowest BCUT2D eigenvalue weighted by atomic mass is 9.77. The van der Waals surface area contributed by atoms with Gasteiger partial charge in [0.25, 0.3) is 0 Å². The van der Waals surface area contributed by atoms with Crippen molar-refractivity contribution >= 4 is 17.1 Å². The maximum absolute atomic E-state index is 13.9. The molecule has 33 heavy (non-hydrogen) atoms. The van der Waals surface area contributed by atoms with Crippen molar-refractivity contribution < 1.29 is 9.53 Å². The van der Waals surface area contributed by atoms with E-state index in [-0.39, 0.29) is 5.41 Å². The fourth-order valence-corrected chi connectivity index (χ4v) is 5.90. The van der Waals surface area contributed by atoms with E-state index in [4.69, 9.17) is 9.72 Å². The van der Waals surface area contributed by atoms with E-state index in [0.29, 0.717) is 11.9 Å². The van der Waals surface area contributed by atoms with E-state index in [9.17, 15) is 4.79 Å². The highest BCUT2D eigenvalue weighted by molar-refractivity contribution is 5.89. The minimum atomic E-state index is -0.379. The lowest BCUT2D eigenvalue weighted by molar-refractivity contribution is -0.138. The molecule has 1 aliphatic heterocycles. The standard InChI is InChI=1S/C27H34N4O2/c1-3-7-24-29-23-8-6-17-28-25(23)31(24)21-13-18-30(19-14-21)26(32)27(15-4-5-16-27)20-9-11-22(33-2)12-10-20/h6,8-12,17,21H,3-5,7,13-16,18-19H2,1-2H3. The molecule has 3 aromatic rings. The van der Waals surface area contributed by atoms with Crippen molar-refractivity contribution in [3.63, 3.8) is 0 Å². The lowest BCUT2D eigenvalue weighted by Gasteiger charge is -2.39. The number of ether oxygens (including phenoxy) is 1. The van der Waals surface area contributed by atoms with Crippen LogP contribution >= 0.6 is 0 Å². The number of rotatable bonds is 6. The predicted octanol–water partition coefficient (Wildman–Crippen LogP) is 5.07. The van der Waals surface area contributed by atoms with Crippen LogP contribution < -0.4 is 4.74 Å². The van der Waals surface area contributed by atoms with Crippen LogP contribution in [-0.2, 0) is 16.6 Å². The monoisotopic (exact) mass is 446 g/mol. The smallest absolute Gasteiger partial charge is 0.233 e. The van der Waals surface area contributed by atoms with Crippen LogP contribution in [-0.4, -0.2) is 45.5 Å². The van der Waals surface area contributed by atoms with Gasteiger partial charge in [-0.2, -0.15) is 0 Å². The Hall–Kier alpha value is -2.89. The number of piperidine rings is 1. The molecule has 6 nitrogen and oxygen atoms in total. The van der Waals surface area contributed by atoms with Gasteiger partial charge >= 0.3 is 0 Å². The number of carbonyl (C=O) groups excluding carboxylic acids is 1. The summed E-state index contributed by atoms with van der Waals surface area (Å²) in [7, 11) is 1.68. The van der Waals surface area contributed by atoms with Crippen LogP contribution in [0.4, 0.5) is 0 Å². The highest BCUT2D eigenvalue weighted by Gasteiger charge is 2.45. The van der Waals surface area contributed by atoms with Gasteiger partial charge in [0.15, 0.2) is 5.65 Å². The molecule has 2 aromatic heterocycles. The van der Waals surface area contributed by atoms with Crippen LogP contribution in [0.3, 0.4) is 0 Å². The normalized spacial score (nSPS) is 18.7. The van der Waals surface area contributed by atoms with Gasteiger partial charge in [-0.3, -0.25) is 4.79 Å². The third-order valence-corrected chi connectivity index (χ3v) is 7.62. The van der Waals surface area contributed by atoms with Crippen LogP contribution in [0.5, 0.6) is 5.75 Å². The van der Waals surface area contributed by atoms with E-state index in [1.165, 1.54) is 0 Å². The largest absolute Gasteiger partial charge is 0.497 e. The van der Waals surface area contributed by atoms with Crippen molar-refractivity contribution in [1.29, 1.82) is 0 Å². The first kappa shape index (κ1) is 21.9. The molecule has 1 aromatic carbocycles. The molecule has 1 aliphatic carbocycles. The molecule has 0 spiro atoms. The third kappa shape index (κ3) is 3.90. The zero-order chi connectivity index (χ0) is 22.8. The molecule has 1 saturated carbocycles. The lowest BCUT2D eigenvalue weighted by Crippen LogP contribution is -2.48. The van der Waals surface area contributed by atoms with Crippen LogP contribution in [0.1, 0.15) is 69.3 Å². The average Bonchev–Trinajstić information content (AvgIpc) is 3.50. The Balaban J connectivity index is 1.36. The zero-order valence-electron chi connectivity index (χ0n) is 19.8. The first-order valence-corrected chi connectivity index (χ1v) is 12.4. The molecule has 3 heterocycles. The van der Waals surface area contributed by atoms with E-state index < -0.39 is 0 Å². The maximum Gasteiger partial charge on any atom is 0.233 e. The highest BCUT2D eigenvalue weighted by atomic mass is 16.5. The number of hydrogen-bond acceptors (Lipinski definition) is 4. The number of nitrogens with zero attached hydrogens (tertiary/aromatic N) is 4. The van der Waals surface area contributed by atoms with Crippen LogP contribution in [0.25, 0.3) is 11.2 Å². The van der Waals surface area contributed by atoms with E-state index in [1.54, 1.807) is 7.11 Å². The average molecular weight is 447 g/mol. The van der Waals surface area contributed by atoms with Gasteiger partial charge < -0.3 is 14.2 Å². The molecule has 0 atom stereocenters. The summed E-state index contributed by atoms with van der Waals surface area (Å²) in [4.78, 5) is 25.6. The molecule has 0 bridgehead atoms. The summed E-state index contributed by atoms with van der Waals surface area (Å²) >= 11 is 0. The fourth-order valence-electron chi connectivity index (χ4n) is 5.90. The van der Waals surface area contributed by atoms with Gasteiger partial charge in [0, 0.05) is 31.7 Å². The van der Waals surface area contributed by atoms with Crippen LogP contribution in [0.15, 0.2) is 42.6 Å². The Labute approximate surface area is 196 Å². The fraction of sp³-hybridized carbons (Fsp3) is 0.519. The Morgan fingerprint density at radius 3 is 2.52 bits per heavy atom. The van der Waals surface area contributed by atoms with Crippen molar-refractivity contribution in [3.8, 4) is 5.75 Å². The Morgan fingerprint density at radius 1 is 1.12 bits per heavy atom. The topological polar surface area (TPSA) is 60.2 Å². The van der Waals surface area contributed by atoms with Gasteiger partial charge in [-0.25, -0.2) is 9.97 Å². The summed E-state index contributed by atoms with van der Waals surface area (Å²) < 4.78 is 7.69. The van der Waals surface area contributed by atoms with E-state index >= 15 is 0 Å². The second-order valence-electron chi connectivity index (χ2n) is 9.54. The molecule has 1 saturated heterocycles. The van der Waals surface area contributed by atoms with Gasteiger partial charge in [0.2, 0.25) is 5.91 Å². The molecular formula is C27H34N4O2. The quantitative estimate of drug-likeness (QED) is 0.531. The Morgan fingerprint density at radius 2 is 1.85 bits per heavy atom. The minimum absolute atomic E-state index is 0.311. The molecule has 6 heteroatoms. The highest BCUT2D eigenvalue weighted by Crippen LogP contribution is 2.44. The van der Waals surface area contributed by atoms with Crippen molar-refractivity contribution in [2.45, 2.75) is 69.7 Å². The predicted molar refractivity (Wildman–Crippen MR) is 130 cm³/mol. The molecule has 0 unspecified atom stereocenters. The number of aromatic nitrogens is 3. The number of pyridine rings is 1. The summed E-state index contributed by atoms with van der Waals surface area (Å²) in [6.45, 7) is 3.78. The molecule has 2 fully saturated rings. The minimum Gasteiger partial charge on any atom is -0.497 e. The molecule has 0 N–H and O–H groups in total.